The molecule has 0 aromatic heterocycles. The topological polar surface area (TPSA) is 64.3 Å². The van der Waals surface area contributed by atoms with Gasteiger partial charge in [-0.15, -0.1) is 0 Å². The van der Waals surface area contributed by atoms with E-state index in [9.17, 15) is 4.79 Å². The molecule has 0 aliphatic heterocycles. The van der Waals surface area contributed by atoms with Crippen molar-refractivity contribution in [3.8, 4) is 5.75 Å². The number of carbonyl (C=O) groups excluding carboxylic acids is 1. The second-order valence-corrected chi connectivity index (χ2v) is 5.17. The largest absolute Gasteiger partial charge is 0.497 e. The molecule has 0 spiro atoms. The number of hydrogen-bond acceptors (Lipinski definition) is 3. The van der Waals surface area contributed by atoms with Crippen LogP contribution in [0, 0.1) is 0 Å². The molecule has 0 heterocycles. The summed E-state index contributed by atoms with van der Waals surface area (Å²) < 4.78 is 5.12. The first-order chi connectivity index (χ1) is 8.91. The highest BCUT2D eigenvalue weighted by molar-refractivity contribution is 5.84. The van der Waals surface area contributed by atoms with E-state index in [0.29, 0.717) is 6.42 Å². The molecule has 0 saturated carbocycles. The van der Waals surface area contributed by atoms with Crippen LogP contribution in [0.25, 0.3) is 0 Å². The molecule has 106 valence electrons. The number of nitrogens with two attached hydrogens (primary N) is 1. The van der Waals surface area contributed by atoms with E-state index in [2.05, 4.69) is 19.2 Å². The molecule has 3 N–H and O–H groups in total. The number of primary amides is 1. The summed E-state index contributed by atoms with van der Waals surface area (Å²) in [5, 5.41) is 3.31. The first kappa shape index (κ1) is 15.5. The standard InChI is InChI=1S/C15H24N2O2/c1-5-11(2)17-15(3,14(16)18)10-12-6-8-13(19-4)9-7-12/h6-9,11,17H,5,10H2,1-4H3,(H2,16,18). The molecule has 1 aromatic rings. The Morgan fingerprint density at radius 1 is 1.42 bits per heavy atom. The molecule has 4 nitrogen and oxygen atoms in total. The molecule has 19 heavy (non-hydrogen) atoms. The minimum atomic E-state index is -0.732. The Labute approximate surface area is 115 Å². The third kappa shape index (κ3) is 4.24. The van der Waals surface area contributed by atoms with Crippen LogP contribution in [0.3, 0.4) is 0 Å². The first-order valence-electron chi connectivity index (χ1n) is 6.62. The average Bonchev–Trinajstić information content (AvgIpc) is 2.39. The van der Waals surface area contributed by atoms with Crippen molar-refractivity contribution in [1.29, 1.82) is 0 Å². The lowest BCUT2D eigenvalue weighted by Gasteiger charge is -2.31. The van der Waals surface area contributed by atoms with Crippen LogP contribution < -0.4 is 15.8 Å². The van der Waals surface area contributed by atoms with Crippen LogP contribution in [-0.4, -0.2) is 24.6 Å². The zero-order valence-electron chi connectivity index (χ0n) is 12.2. The van der Waals surface area contributed by atoms with Gasteiger partial charge in [0.25, 0.3) is 0 Å². The van der Waals surface area contributed by atoms with Gasteiger partial charge >= 0.3 is 0 Å². The fraction of sp³-hybridized carbons (Fsp3) is 0.533. The van der Waals surface area contributed by atoms with Gasteiger partial charge in [-0.25, -0.2) is 0 Å². The Kier molecular flexibility index (Phi) is 5.36. The number of ether oxygens (including phenoxy) is 1. The Hall–Kier alpha value is -1.55. The predicted octanol–water partition coefficient (Wildman–Crippen LogP) is 1.87. The Balaban J connectivity index is 2.85. The molecule has 0 bridgehead atoms. The van der Waals surface area contributed by atoms with E-state index in [0.717, 1.165) is 17.7 Å². The summed E-state index contributed by atoms with van der Waals surface area (Å²) in [6, 6.07) is 7.94. The van der Waals surface area contributed by atoms with Crippen molar-refractivity contribution in [1.82, 2.24) is 5.32 Å². The van der Waals surface area contributed by atoms with Gasteiger partial charge in [0.05, 0.1) is 12.6 Å². The number of hydrogen-bond donors (Lipinski definition) is 2. The SMILES string of the molecule is CCC(C)NC(C)(Cc1ccc(OC)cc1)C(N)=O. The number of benzene rings is 1. The van der Waals surface area contributed by atoms with Crippen LogP contribution in [0.5, 0.6) is 5.75 Å². The average molecular weight is 264 g/mol. The van der Waals surface area contributed by atoms with Crippen LogP contribution in [0.1, 0.15) is 32.8 Å². The molecule has 2 unspecified atom stereocenters. The molecule has 1 aromatic carbocycles. The van der Waals surface area contributed by atoms with E-state index in [1.165, 1.54) is 0 Å². The van der Waals surface area contributed by atoms with Gasteiger partial charge in [0.15, 0.2) is 0 Å². The van der Waals surface area contributed by atoms with E-state index in [4.69, 9.17) is 10.5 Å². The van der Waals surface area contributed by atoms with Gasteiger partial charge < -0.3 is 15.8 Å². The molecule has 4 heteroatoms. The molecule has 0 aliphatic carbocycles. The Morgan fingerprint density at radius 2 is 2.00 bits per heavy atom. The van der Waals surface area contributed by atoms with E-state index in [1.54, 1.807) is 7.11 Å². The predicted molar refractivity (Wildman–Crippen MR) is 77.2 cm³/mol. The van der Waals surface area contributed by atoms with Crippen molar-refractivity contribution in [2.24, 2.45) is 5.73 Å². The molecular weight excluding hydrogens is 240 g/mol. The summed E-state index contributed by atoms with van der Waals surface area (Å²) >= 11 is 0. The highest BCUT2D eigenvalue weighted by atomic mass is 16.5. The zero-order chi connectivity index (χ0) is 14.5. The van der Waals surface area contributed by atoms with Gasteiger partial charge in [-0.1, -0.05) is 19.1 Å². The Bertz CT molecular complexity index is 417. The van der Waals surface area contributed by atoms with Crippen LogP contribution in [0.4, 0.5) is 0 Å². The molecule has 2 atom stereocenters. The molecule has 1 rings (SSSR count). The molecule has 1 amide bonds. The third-order valence-electron chi connectivity index (χ3n) is 3.44. The quantitative estimate of drug-likeness (QED) is 0.790. The maximum atomic E-state index is 11.7. The van der Waals surface area contributed by atoms with E-state index >= 15 is 0 Å². The number of nitrogens with one attached hydrogen (secondary N) is 1. The van der Waals surface area contributed by atoms with Crippen LogP contribution in [0.2, 0.25) is 0 Å². The maximum Gasteiger partial charge on any atom is 0.237 e. The van der Waals surface area contributed by atoms with Crippen molar-refractivity contribution in [3.05, 3.63) is 29.8 Å². The molecule has 0 radical (unpaired) electrons. The first-order valence-corrected chi connectivity index (χ1v) is 6.62. The number of amides is 1. The van der Waals surface area contributed by atoms with Gasteiger partial charge in [-0.05, 0) is 44.4 Å². The number of carbonyl (C=O) groups is 1. The van der Waals surface area contributed by atoms with Gasteiger partial charge in [-0.2, -0.15) is 0 Å². The second-order valence-electron chi connectivity index (χ2n) is 5.17. The summed E-state index contributed by atoms with van der Waals surface area (Å²) in [6.07, 6.45) is 1.52. The van der Waals surface area contributed by atoms with Crippen LogP contribution in [0.15, 0.2) is 24.3 Å². The summed E-state index contributed by atoms with van der Waals surface area (Å²) in [5.74, 6) is 0.475. The van der Waals surface area contributed by atoms with Gasteiger partial charge in [0.2, 0.25) is 5.91 Å². The minimum absolute atomic E-state index is 0.246. The van der Waals surface area contributed by atoms with E-state index in [1.807, 2.05) is 31.2 Å². The zero-order valence-corrected chi connectivity index (χ0v) is 12.2. The monoisotopic (exact) mass is 264 g/mol. The van der Waals surface area contributed by atoms with E-state index in [-0.39, 0.29) is 11.9 Å². The van der Waals surface area contributed by atoms with Crippen LogP contribution in [-0.2, 0) is 11.2 Å². The third-order valence-corrected chi connectivity index (χ3v) is 3.44. The summed E-state index contributed by atoms with van der Waals surface area (Å²) in [5.41, 5.74) is 5.87. The van der Waals surface area contributed by atoms with Crippen molar-refractivity contribution >= 4 is 5.91 Å². The molecule has 0 aliphatic rings. The minimum Gasteiger partial charge on any atom is -0.497 e. The lowest BCUT2D eigenvalue weighted by Crippen LogP contribution is -2.57. The maximum absolute atomic E-state index is 11.7. The normalized spacial score (nSPS) is 15.6. The molecule has 0 saturated heterocycles. The van der Waals surface area contributed by atoms with Crippen molar-refractivity contribution < 1.29 is 9.53 Å². The highest BCUT2D eigenvalue weighted by Crippen LogP contribution is 2.18. The van der Waals surface area contributed by atoms with Gasteiger partial charge in [-0.3, -0.25) is 4.79 Å². The van der Waals surface area contributed by atoms with Crippen molar-refractivity contribution in [2.75, 3.05) is 7.11 Å². The number of methoxy groups -OCH3 is 1. The Morgan fingerprint density at radius 3 is 2.42 bits per heavy atom. The molecular formula is C15H24N2O2. The van der Waals surface area contributed by atoms with E-state index < -0.39 is 5.54 Å². The second kappa shape index (κ2) is 6.57. The van der Waals surface area contributed by atoms with Gasteiger partial charge in [0.1, 0.15) is 5.75 Å². The van der Waals surface area contributed by atoms with Gasteiger partial charge in [0, 0.05) is 6.04 Å². The smallest absolute Gasteiger partial charge is 0.237 e. The lowest BCUT2D eigenvalue weighted by atomic mass is 9.91. The molecule has 0 fully saturated rings. The highest BCUT2D eigenvalue weighted by Gasteiger charge is 2.32. The summed E-state index contributed by atoms with van der Waals surface area (Å²) in [7, 11) is 1.63. The van der Waals surface area contributed by atoms with Crippen molar-refractivity contribution in [2.45, 2.75) is 45.2 Å². The van der Waals surface area contributed by atoms with Crippen molar-refractivity contribution in [3.63, 3.8) is 0 Å². The lowest BCUT2D eigenvalue weighted by molar-refractivity contribution is -0.124. The summed E-state index contributed by atoms with van der Waals surface area (Å²) in [6.45, 7) is 5.98. The summed E-state index contributed by atoms with van der Waals surface area (Å²) in [4.78, 5) is 11.7. The number of rotatable bonds is 7. The fourth-order valence-electron chi connectivity index (χ4n) is 2.01. The van der Waals surface area contributed by atoms with Crippen LogP contribution >= 0.6 is 0 Å². The fourth-order valence-corrected chi connectivity index (χ4v) is 2.01.